The highest BCUT2D eigenvalue weighted by molar-refractivity contribution is 7.80. The van der Waals surface area contributed by atoms with Gasteiger partial charge >= 0.3 is 0 Å². The van der Waals surface area contributed by atoms with Crippen molar-refractivity contribution in [3.63, 3.8) is 0 Å². The van der Waals surface area contributed by atoms with Crippen LogP contribution in [0.1, 0.15) is 18.4 Å². The SMILES string of the molecule is CN(CCCCO)c1ccccc1C(N)=S. The predicted octanol–water partition coefficient (Wildman–Crippen LogP) is 1.53. The Morgan fingerprint density at radius 2 is 2.06 bits per heavy atom. The number of para-hydroxylation sites is 1. The summed E-state index contributed by atoms with van der Waals surface area (Å²) in [6.45, 7) is 1.13. The Morgan fingerprint density at radius 1 is 1.38 bits per heavy atom. The summed E-state index contributed by atoms with van der Waals surface area (Å²) in [6.07, 6.45) is 1.78. The number of anilines is 1. The van der Waals surface area contributed by atoms with Crippen molar-refractivity contribution in [3.05, 3.63) is 29.8 Å². The second-order valence-electron chi connectivity index (χ2n) is 3.73. The minimum absolute atomic E-state index is 0.241. The van der Waals surface area contributed by atoms with Crippen LogP contribution in [0.2, 0.25) is 0 Å². The van der Waals surface area contributed by atoms with E-state index in [1.807, 2.05) is 31.3 Å². The fourth-order valence-corrected chi connectivity index (χ4v) is 1.77. The van der Waals surface area contributed by atoms with E-state index < -0.39 is 0 Å². The van der Waals surface area contributed by atoms with Crippen LogP contribution in [0.4, 0.5) is 5.69 Å². The quantitative estimate of drug-likeness (QED) is 0.583. The maximum absolute atomic E-state index is 8.73. The highest BCUT2D eigenvalue weighted by Crippen LogP contribution is 2.19. The lowest BCUT2D eigenvalue weighted by molar-refractivity contribution is 0.285. The van der Waals surface area contributed by atoms with E-state index in [4.69, 9.17) is 23.1 Å². The average molecular weight is 238 g/mol. The molecule has 0 bridgehead atoms. The zero-order valence-electron chi connectivity index (χ0n) is 9.52. The molecule has 0 aliphatic carbocycles. The Bertz CT molecular complexity index is 355. The summed E-state index contributed by atoms with van der Waals surface area (Å²) >= 11 is 5.02. The van der Waals surface area contributed by atoms with Gasteiger partial charge in [-0.15, -0.1) is 0 Å². The van der Waals surface area contributed by atoms with Crippen LogP contribution in [0.15, 0.2) is 24.3 Å². The first-order chi connectivity index (χ1) is 7.66. The van der Waals surface area contributed by atoms with Gasteiger partial charge in [0.25, 0.3) is 0 Å². The fourth-order valence-electron chi connectivity index (χ4n) is 1.60. The minimum atomic E-state index is 0.241. The molecule has 0 atom stereocenters. The second kappa shape index (κ2) is 6.45. The molecule has 0 radical (unpaired) electrons. The first kappa shape index (κ1) is 12.9. The van der Waals surface area contributed by atoms with Gasteiger partial charge in [0.1, 0.15) is 4.99 Å². The number of hydrogen-bond donors (Lipinski definition) is 2. The number of rotatable bonds is 6. The van der Waals surface area contributed by atoms with Gasteiger partial charge in [-0.05, 0) is 25.0 Å². The van der Waals surface area contributed by atoms with Gasteiger partial charge in [-0.25, -0.2) is 0 Å². The normalized spacial score (nSPS) is 10.1. The van der Waals surface area contributed by atoms with Crippen molar-refractivity contribution in [1.82, 2.24) is 0 Å². The third-order valence-corrected chi connectivity index (χ3v) is 2.70. The first-order valence-corrected chi connectivity index (χ1v) is 5.78. The Balaban J connectivity index is 2.74. The lowest BCUT2D eigenvalue weighted by atomic mass is 10.1. The first-order valence-electron chi connectivity index (χ1n) is 5.37. The molecule has 3 N–H and O–H groups in total. The molecule has 0 heterocycles. The van der Waals surface area contributed by atoms with Crippen LogP contribution in [0.3, 0.4) is 0 Å². The van der Waals surface area contributed by atoms with Gasteiger partial charge in [0.05, 0.1) is 0 Å². The van der Waals surface area contributed by atoms with E-state index in [0.29, 0.717) is 4.99 Å². The standard InChI is InChI=1S/C12H18N2OS/c1-14(8-4-5-9-15)11-7-3-2-6-10(11)12(13)16/h2-3,6-7,15H,4-5,8-9H2,1H3,(H2,13,16). The van der Waals surface area contributed by atoms with E-state index in [0.717, 1.165) is 30.6 Å². The van der Waals surface area contributed by atoms with Crippen LogP contribution in [0.25, 0.3) is 0 Å². The summed E-state index contributed by atoms with van der Waals surface area (Å²) in [5, 5.41) is 8.73. The largest absolute Gasteiger partial charge is 0.396 e. The Morgan fingerprint density at radius 3 is 2.69 bits per heavy atom. The molecule has 0 saturated heterocycles. The Kier molecular flexibility index (Phi) is 5.22. The molecule has 0 aromatic heterocycles. The highest BCUT2D eigenvalue weighted by atomic mass is 32.1. The van der Waals surface area contributed by atoms with E-state index in [1.54, 1.807) is 0 Å². The van der Waals surface area contributed by atoms with Crippen molar-refractivity contribution >= 4 is 22.9 Å². The summed E-state index contributed by atoms with van der Waals surface area (Å²) in [5.41, 5.74) is 7.63. The van der Waals surface area contributed by atoms with Crippen LogP contribution in [-0.4, -0.2) is 30.3 Å². The van der Waals surface area contributed by atoms with Gasteiger partial charge < -0.3 is 15.7 Å². The maximum Gasteiger partial charge on any atom is 0.106 e. The number of thiocarbonyl (C=S) groups is 1. The predicted molar refractivity (Wildman–Crippen MR) is 71.9 cm³/mol. The number of nitrogens with zero attached hydrogens (tertiary/aromatic N) is 1. The maximum atomic E-state index is 8.73. The summed E-state index contributed by atoms with van der Waals surface area (Å²) in [7, 11) is 2.01. The zero-order chi connectivity index (χ0) is 12.0. The van der Waals surface area contributed by atoms with Crippen LogP contribution in [0, 0.1) is 0 Å². The molecular weight excluding hydrogens is 220 g/mol. The molecule has 1 aromatic carbocycles. The molecule has 0 unspecified atom stereocenters. The van der Waals surface area contributed by atoms with Crippen LogP contribution < -0.4 is 10.6 Å². The molecule has 88 valence electrons. The van der Waals surface area contributed by atoms with E-state index in [1.165, 1.54) is 0 Å². The number of aliphatic hydroxyl groups is 1. The molecular formula is C12H18N2OS. The summed E-state index contributed by atoms with van der Waals surface area (Å²) in [5.74, 6) is 0. The lowest BCUT2D eigenvalue weighted by Crippen LogP contribution is -2.23. The van der Waals surface area contributed by atoms with Crippen molar-refractivity contribution in [2.45, 2.75) is 12.8 Å². The molecule has 1 rings (SSSR count). The molecule has 3 nitrogen and oxygen atoms in total. The van der Waals surface area contributed by atoms with E-state index in [2.05, 4.69) is 4.90 Å². The molecule has 4 heteroatoms. The van der Waals surface area contributed by atoms with Crippen molar-refractivity contribution in [2.75, 3.05) is 25.1 Å². The average Bonchev–Trinajstić information content (AvgIpc) is 2.29. The number of benzene rings is 1. The van der Waals surface area contributed by atoms with Gasteiger partial charge in [0.15, 0.2) is 0 Å². The van der Waals surface area contributed by atoms with Crippen LogP contribution >= 0.6 is 12.2 Å². The third kappa shape index (κ3) is 3.47. The van der Waals surface area contributed by atoms with Crippen LogP contribution in [-0.2, 0) is 0 Å². The molecule has 1 aromatic rings. The van der Waals surface area contributed by atoms with E-state index in [9.17, 15) is 0 Å². The van der Waals surface area contributed by atoms with Gasteiger partial charge in [0.2, 0.25) is 0 Å². The number of hydrogen-bond acceptors (Lipinski definition) is 3. The third-order valence-electron chi connectivity index (χ3n) is 2.48. The summed E-state index contributed by atoms with van der Waals surface area (Å²) < 4.78 is 0. The van der Waals surface area contributed by atoms with Crippen molar-refractivity contribution in [3.8, 4) is 0 Å². The van der Waals surface area contributed by atoms with E-state index in [-0.39, 0.29) is 6.61 Å². The molecule has 0 amide bonds. The monoisotopic (exact) mass is 238 g/mol. The summed E-state index contributed by atoms with van der Waals surface area (Å²) in [4.78, 5) is 2.54. The Labute approximate surface area is 102 Å². The smallest absolute Gasteiger partial charge is 0.106 e. The number of aliphatic hydroxyl groups excluding tert-OH is 1. The van der Waals surface area contributed by atoms with Crippen molar-refractivity contribution in [1.29, 1.82) is 0 Å². The number of nitrogens with two attached hydrogens (primary N) is 1. The highest BCUT2D eigenvalue weighted by Gasteiger charge is 2.07. The topological polar surface area (TPSA) is 49.5 Å². The Hall–Kier alpha value is -1.13. The van der Waals surface area contributed by atoms with Crippen molar-refractivity contribution in [2.24, 2.45) is 5.73 Å². The number of unbranched alkanes of at least 4 members (excludes halogenated alkanes) is 1. The molecule has 0 spiro atoms. The minimum Gasteiger partial charge on any atom is -0.396 e. The van der Waals surface area contributed by atoms with Gasteiger partial charge in [-0.1, -0.05) is 24.4 Å². The van der Waals surface area contributed by atoms with Gasteiger partial charge in [-0.3, -0.25) is 0 Å². The van der Waals surface area contributed by atoms with E-state index >= 15 is 0 Å². The van der Waals surface area contributed by atoms with Crippen molar-refractivity contribution < 1.29 is 5.11 Å². The van der Waals surface area contributed by atoms with Gasteiger partial charge in [0, 0.05) is 31.5 Å². The zero-order valence-corrected chi connectivity index (χ0v) is 10.3. The van der Waals surface area contributed by atoms with Gasteiger partial charge in [-0.2, -0.15) is 0 Å². The summed E-state index contributed by atoms with van der Waals surface area (Å²) in [6, 6.07) is 7.84. The molecule has 0 aliphatic rings. The second-order valence-corrected chi connectivity index (χ2v) is 4.17. The van der Waals surface area contributed by atoms with Crippen LogP contribution in [0.5, 0.6) is 0 Å². The molecule has 0 fully saturated rings. The molecule has 0 aliphatic heterocycles. The molecule has 0 saturated carbocycles. The lowest BCUT2D eigenvalue weighted by Gasteiger charge is -2.21. The molecule has 16 heavy (non-hydrogen) atoms. The fraction of sp³-hybridized carbons (Fsp3) is 0.417.